The van der Waals surface area contributed by atoms with E-state index in [-0.39, 0.29) is 0 Å². The Morgan fingerprint density at radius 3 is 2.59 bits per heavy atom. The zero-order valence-corrected chi connectivity index (χ0v) is 18.5. The second-order valence-corrected chi connectivity index (χ2v) is 9.70. The molecule has 0 amide bonds. The van der Waals surface area contributed by atoms with Crippen LogP contribution in [0.3, 0.4) is 0 Å². The summed E-state index contributed by atoms with van der Waals surface area (Å²) in [6.07, 6.45) is 3.67. The normalized spacial score (nSPS) is 15.5. The molecule has 4 rings (SSSR count). The number of aromatic nitrogens is 1. The van der Waals surface area contributed by atoms with Gasteiger partial charge in [-0.15, -0.1) is 0 Å². The fourth-order valence-corrected chi connectivity index (χ4v) is 5.89. The number of para-hydroxylation sites is 1. The van der Waals surface area contributed by atoms with Gasteiger partial charge in [-0.2, -0.15) is 0 Å². The van der Waals surface area contributed by atoms with Crippen molar-refractivity contribution in [2.75, 3.05) is 19.1 Å². The molecule has 6 heteroatoms. The summed E-state index contributed by atoms with van der Waals surface area (Å²) in [6, 6.07) is 16.9. The molecule has 1 aliphatic rings. The number of fused-ring (bicyclic) bond motifs is 1. The van der Waals surface area contributed by atoms with Crippen molar-refractivity contribution in [2.45, 2.75) is 15.6 Å². The maximum atomic E-state index is 5.62. The van der Waals surface area contributed by atoms with Gasteiger partial charge in [-0.1, -0.05) is 0 Å². The predicted molar refractivity (Wildman–Crippen MR) is 114 cm³/mol. The molecule has 0 fully saturated rings. The first-order valence-electron chi connectivity index (χ1n) is 8.64. The Balaban J connectivity index is 1.66. The quantitative estimate of drug-likeness (QED) is 0.564. The number of methoxy groups -OCH3 is 2. The summed E-state index contributed by atoms with van der Waals surface area (Å²) in [7, 11) is 3.37. The molecule has 4 nitrogen and oxygen atoms in total. The molecule has 138 valence electrons. The third-order valence-corrected chi connectivity index (χ3v) is 7.35. The minimum atomic E-state index is 0.413. The van der Waals surface area contributed by atoms with E-state index < -0.39 is 0 Å². The molecule has 0 bridgehead atoms. The average molecular weight is 440 g/mol. The molecule has 0 spiro atoms. The Bertz CT molecular complexity index is 952. The molecule has 27 heavy (non-hydrogen) atoms. The van der Waals surface area contributed by atoms with Gasteiger partial charge in [-0.05, 0) is 0 Å². The van der Waals surface area contributed by atoms with Crippen molar-refractivity contribution in [1.29, 1.82) is 0 Å². The second-order valence-electron chi connectivity index (χ2n) is 6.21. The van der Waals surface area contributed by atoms with E-state index in [9.17, 15) is 0 Å². The van der Waals surface area contributed by atoms with Crippen LogP contribution in [0.15, 0.2) is 65.8 Å². The van der Waals surface area contributed by atoms with Crippen LogP contribution in [0.1, 0.15) is 5.56 Å². The molecule has 2 atom stereocenters. The van der Waals surface area contributed by atoms with Crippen molar-refractivity contribution in [1.82, 2.24) is 4.98 Å². The Morgan fingerprint density at radius 2 is 1.85 bits per heavy atom. The summed E-state index contributed by atoms with van der Waals surface area (Å²) in [5.41, 5.74) is 4.83. The van der Waals surface area contributed by atoms with Crippen LogP contribution in [-0.2, 0) is 6.54 Å². The molecule has 0 aliphatic carbocycles. The monoisotopic (exact) mass is 440 g/mol. The fourth-order valence-electron chi connectivity index (χ4n) is 3.34. The average Bonchev–Trinajstić information content (AvgIpc) is 3.02. The number of nitrogens with zero attached hydrogens (tertiary/aromatic N) is 2. The van der Waals surface area contributed by atoms with E-state index in [4.69, 9.17) is 9.47 Å². The summed E-state index contributed by atoms with van der Waals surface area (Å²) in [5, 5.41) is 0. The molecule has 0 N–H and O–H groups in total. The molecule has 3 aromatic rings. The van der Waals surface area contributed by atoms with Crippen molar-refractivity contribution in [3.63, 3.8) is 0 Å². The Kier molecular flexibility index (Phi) is 5.33. The number of thioether (sulfide) groups is 1. The molecule has 0 saturated carbocycles. The first kappa shape index (κ1) is 18.3. The Labute approximate surface area is 172 Å². The molecule has 2 unspecified atom stereocenters. The Hall–Kier alpha value is -2.10. The van der Waals surface area contributed by atoms with Gasteiger partial charge in [0.1, 0.15) is 0 Å². The molecule has 0 radical (unpaired) electrons. The van der Waals surface area contributed by atoms with Crippen LogP contribution in [-0.4, -0.2) is 40.2 Å². The number of ether oxygens (including phenoxy) is 2. The van der Waals surface area contributed by atoms with Crippen molar-refractivity contribution >= 4 is 34.3 Å². The first-order chi connectivity index (χ1) is 13.2. The van der Waals surface area contributed by atoms with E-state index in [1.165, 1.54) is 21.7 Å². The number of hydrogen-bond acceptors (Lipinski definition) is 5. The van der Waals surface area contributed by atoms with Gasteiger partial charge in [0.15, 0.2) is 0 Å². The number of anilines is 1. The first-order valence-corrected chi connectivity index (χ1v) is 10.9. The Morgan fingerprint density at radius 1 is 1.04 bits per heavy atom. The van der Waals surface area contributed by atoms with Crippen LogP contribution in [0.5, 0.6) is 11.5 Å². The standard InChI is InChI=1S/C21H21AsN2O2S/c1-25-18-5-3-4-16(20(18)26-2)13-24-17-7-6-15(12-19(17)27-21(24)22)14-8-10-23-11-9-14/h3-12,21H,13,22H2,1-2H3. The number of hydrogen-bond donors (Lipinski definition) is 0. The number of rotatable bonds is 5. The molecular formula is C21H21AsN2O2S. The molecule has 1 aliphatic heterocycles. The van der Waals surface area contributed by atoms with Crippen molar-refractivity contribution in [3.8, 4) is 22.6 Å². The summed E-state index contributed by atoms with van der Waals surface area (Å²) < 4.78 is 11.5. The van der Waals surface area contributed by atoms with Gasteiger partial charge >= 0.3 is 173 Å². The summed E-state index contributed by atoms with van der Waals surface area (Å²) in [6.45, 7) is 0.790. The summed E-state index contributed by atoms with van der Waals surface area (Å²) in [5.74, 6) is 1.58. The zero-order valence-electron chi connectivity index (χ0n) is 15.3. The molecule has 1 aromatic heterocycles. The van der Waals surface area contributed by atoms with Gasteiger partial charge in [-0.3, -0.25) is 0 Å². The van der Waals surface area contributed by atoms with Crippen LogP contribution in [0, 0.1) is 0 Å². The van der Waals surface area contributed by atoms with Crippen LogP contribution in [0.2, 0.25) is 0 Å². The van der Waals surface area contributed by atoms with Crippen LogP contribution in [0.4, 0.5) is 5.69 Å². The zero-order chi connectivity index (χ0) is 18.8. The number of benzene rings is 2. The van der Waals surface area contributed by atoms with Gasteiger partial charge in [0.2, 0.25) is 0 Å². The second kappa shape index (κ2) is 7.87. The van der Waals surface area contributed by atoms with Crippen molar-refractivity contribution < 1.29 is 9.47 Å². The summed E-state index contributed by atoms with van der Waals surface area (Å²) >= 11 is 3.63. The van der Waals surface area contributed by atoms with Gasteiger partial charge < -0.3 is 0 Å². The maximum absolute atomic E-state index is 5.62. The van der Waals surface area contributed by atoms with E-state index in [1.54, 1.807) is 31.1 Å². The van der Waals surface area contributed by atoms with Crippen LogP contribution < -0.4 is 14.4 Å². The third-order valence-electron chi connectivity index (χ3n) is 4.66. The van der Waals surface area contributed by atoms with Gasteiger partial charge in [-0.25, -0.2) is 0 Å². The van der Waals surface area contributed by atoms with E-state index in [0.29, 0.717) is 4.16 Å². The van der Waals surface area contributed by atoms with Crippen molar-refractivity contribution in [3.05, 3.63) is 66.5 Å². The predicted octanol–water partition coefficient (Wildman–Crippen LogP) is 3.79. The van der Waals surface area contributed by atoms with E-state index in [1.807, 2.05) is 48.4 Å². The summed E-state index contributed by atoms with van der Waals surface area (Å²) in [4.78, 5) is 7.87. The topological polar surface area (TPSA) is 34.6 Å². The number of pyridine rings is 1. The minimum absolute atomic E-state index is 0.413. The molecule has 2 heterocycles. The van der Waals surface area contributed by atoms with Gasteiger partial charge in [0, 0.05) is 0 Å². The molecule has 2 aromatic carbocycles. The third kappa shape index (κ3) is 3.54. The van der Waals surface area contributed by atoms with E-state index in [2.05, 4.69) is 34.1 Å². The van der Waals surface area contributed by atoms with E-state index in [0.717, 1.165) is 23.6 Å². The molecular weight excluding hydrogens is 419 g/mol. The van der Waals surface area contributed by atoms with Crippen LogP contribution in [0.25, 0.3) is 11.1 Å². The SMILES string of the molecule is COc1cccc(CN2c3ccc(-c4ccncc4)cc3SC2[AsH2])c1OC. The van der Waals surface area contributed by atoms with E-state index >= 15 is 0 Å². The van der Waals surface area contributed by atoms with Gasteiger partial charge in [0.25, 0.3) is 0 Å². The van der Waals surface area contributed by atoms with Gasteiger partial charge in [0.05, 0.1) is 0 Å². The van der Waals surface area contributed by atoms with Crippen LogP contribution >= 0.6 is 11.8 Å². The molecule has 0 saturated heterocycles. The fraction of sp³-hybridized carbons (Fsp3) is 0.190. The van der Waals surface area contributed by atoms with Crippen molar-refractivity contribution in [2.24, 2.45) is 0 Å².